The van der Waals surface area contributed by atoms with Crippen molar-refractivity contribution in [3.63, 3.8) is 0 Å². The molecule has 8 heteroatoms. The van der Waals surface area contributed by atoms with Crippen molar-refractivity contribution in [1.82, 2.24) is 0 Å². The maximum Gasteiger partial charge on any atom is 1.00 e. The van der Waals surface area contributed by atoms with E-state index < -0.39 is 10.4 Å². The van der Waals surface area contributed by atoms with Crippen molar-refractivity contribution in [2.45, 2.75) is 39.0 Å². The van der Waals surface area contributed by atoms with E-state index in [1.807, 2.05) is 0 Å². The van der Waals surface area contributed by atoms with E-state index in [0.29, 0.717) is 6.61 Å². The Labute approximate surface area is 177 Å². The Morgan fingerprint density at radius 2 is 1.33 bits per heavy atom. The summed E-state index contributed by atoms with van der Waals surface area (Å²) in [5, 5.41) is 8.37. The standard InChI is InChI=1S/C7H16O.2K.H2O4S/c1-2-3-4-5-6-7-8;;;1-5(2,3)4/h8H,2-7H2,1H3;;;(H2,1,2,3,4)/q;2*+1;/p-2. The van der Waals surface area contributed by atoms with E-state index in [4.69, 9.17) is 22.6 Å². The predicted molar refractivity (Wildman–Crippen MR) is 46.3 cm³/mol. The minimum atomic E-state index is -5.17. The van der Waals surface area contributed by atoms with Crippen molar-refractivity contribution in [3.05, 3.63) is 0 Å². The van der Waals surface area contributed by atoms with Gasteiger partial charge in [-0.05, 0) is 6.42 Å². The molecule has 0 amide bonds. The second-order valence-corrected chi connectivity index (χ2v) is 3.36. The zero-order chi connectivity index (χ0) is 10.7. The molecule has 15 heavy (non-hydrogen) atoms. The van der Waals surface area contributed by atoms with Gasteiger partial charge in [-0.1, -0.05) is 32.6 Å². The SMILES string of the molecule is CCCCCCCO.O=S(=O)([O-])[O-].[K+].[K+]. The van der Waals surface area contributed by atoms with E-state index in [-0.39, 0.29) is 103 Å². The summed E-state index contributed by atoms with van der Waals surface area (Å²) in [6.07, 6.45) is 6.08. The molecule has 0 bridgehead atoms. The normalized spacial score (nSPS) is 9.07. The van der Waals surface area contributed by atoms with Crippen LogP contribution in [0.15, 0.2) is 0 Å². The topological polar surface area (TPSA) is 100 Å². The number of unbranched alkanes of at least 4 members (excludes halogenated alkanes) is 4. The van der Waals surface area contributed by atoms with Gasteiger partial charge >= 0.3 is 103 Å². The van der Waals surface area contributed by atoms with Crippen LogP contribution in [-0.4, -0.2) is 29.2 Å². The third-order valence-corrected chi connectivity index (χ3v) is 1.26. The van der Waals surface area contributed by atoms with Gasteiger partial charge < -0.3 is 14.2 Å². The molecule has 0 spiro atoms. The summed E-state index contributed by atoms with van der Waals surface area (Å²) in [5.41, 5.74) is 0. The Kier molecular flexibility index (Phi) is 34.5. The molecular weight excluding hydrogens is 274 g/mol. The molecule has 1 N–H and O–H groups in total. The molecule has 0 heterocycles. The third-order valence-electron chi connectivity index (χ3n) is 1.26. The molecule has 0 unspecified atom stereocenters. The van der Waals surface area contributed by atoms with Crippen molar-refractivity contribution >= 4 is 10.4 Å². The number of aliphatic hydroxyl groups excluding tert-OH is 1. The van der Waals surface area contributed by atoms with E-state index in [9.17, 15) is 0 Å². The molecule has 0 atom stereocenters. The second-order valence-electron chi connectivity index (χ2n) is 2.55. The van der Waals surface area contributed by atoms with Crippen LogP contribution in [0.2, 0.25) is 0 Å². The first-order valence-electron chi connectivity index (χ1n) is 4.19. The Balaban J connectivity index is -0.0000000770. The van der Waals surface area contributed by atoms with Gasteiger partial charge in [-0.2, -0.15) is 0 Å². The largest absolute Gasteiger partial charge is 1.00 e. The van der Waals surface area contributed by atoms with E-state index in [1.54, 1.807) is 0 Å². The Morgan fingerprint density at radius 1 is 1.00 bits per heavy atom. The van der Waals surface area contributed by atoms with Gasteiger partial charge in [0.1, 0.15) is 0 Å². The summed E-state index contributed by atoms with van der Waals surface area (Å²) in [6.45, 7) is 2.56. The molecule has 0 aromatic carbocycles. The van der Waals surface area contributed by atoms with Crippen molar-refractivity contribution < 1.29 is 125 Å². The molecule has 0 radical (unpaired) electrons. The summed E-state index contributed by atoms with van der Waals surface area (Å²) < 4.78 is 34.1. The van der Waals surface area contributed by atoms with Crippen LogP contribution in [0, 0.1) is 0 Å². The summed E-state index contributed by atoms with van der Waals surface area (Å²) in [7, 11) is -5.17. The number of aliphatic hydroxyl groups is 1. The molecule has 0 saturated carbocycles. The molecule has 0 aliphatic heterocycles. The molecule has 0 rings (SSSR count). The molecule has 82 valence electrons. The average Bonchev–Trinajstić information content (AvgIpc) is 1.95. The summed E-state index contributed by atoms with van der Waals surface area (Å²) in [5.74, 6) is 0. The summed E-state index contributed by atoms with van der Waals surface area (Å²) in [4.78, 5) is 0. The van der Waals surface area contributed by atoms with Crippen molar-refractivity contribution in [1.29, 1.82) is 0 Å². The maximum absolute atomic E-state index is 8.52. The summed E-state index contributed by atoms with van der Waals surface area (Å²) >= 11 is 0. The number of hydrogen-bond acceptors (Lipinski definition) is 5. The average molecular weight is 290 g/mol. The van der Waals surface area contributed by atoms with Crippen LogP contribution in [-0.2, 0) is 10.4 Å². The Morgan fingerprint density at radius 3 is 1.60 bits per heavy atom. The minimum Gasteiger partial charge on any atom is -0.759 e. The van der Waals surface area contributed by atoms with Gasteiger partial charge in [0.25, 0.3) is 0 Å². The van der Waals surface area contributed by atoms with Crippen molar-refractivity contribution in [3.8, 4) is 0 Å². The Bertz CT molecular complexity index is 170. The van der Waals surface area contributed by atoms with Gasteiger partial charge in [0, 0.05) is 17.0 Å². The number of rotatable bonds is 5. The minimum absolute atomic E-state index is 0. The van der Waals surface area contributed by atoms with Gasteiger partial charge in [0.05, 0.1) is 0 Å². The fourth-order valence-corrected chi connectivity index (χ4v) is 0.715. The molecule has 0 aromatic heterocycles. The smallest absolute Gasteiger partial charge is 0.759 e. The first kappa shape index (κ1) is 26.6. The van der Waals surface area contributed by atoms with Crippen LogP contribution < -0.4 is 103 Å². The van der Waals surface area contributed by atoms with Crippen LogP contribution in [0.3, 0.4) is 0 Å². The number of hydrogen-bond donors (Lipinski definition) is 1. The van der Waals surface area contributed by atoms with Crippen LogP contribution in [0.5, 0.6) is 0 Å². The van der Waals surface area contributed by atoms with E-state index in [1.165, 1.54) is 25.7 Å². The molecule has 0 aliphatic rings. The fraction of sp³-hybridized carbons (Fsp3) is 1.00. The van der Waals surface area contributed by atoms with Crippen LogP contribution in [0.25, 0.3) is 0 Å². The molecule has 5 nitrogen and oxygen atoms in total. The van der Waals surface area contributed by atoms with Gasteiger partial charge in [0.15, 0.2) is 0 Å². The molecule has 0 fully saturated rings. The van der Waals surface area contributed by atoms with E-state index in [0.717, 1.165) is 6.42 Å². The van der Waals surface area contributed by atoms with Crippen LogP contribution in [0.4, 0.5) is 0 Å². The van der Waals surface area contributed by atoms with Crippen LogP contribution in [0.1, 0.15) is 39.0 Å². The summed E-state index contributed by atoms with van der Waals surface area (Å²) in [6, 6.07) is 0. The van der Waals surface area contributed by atoms with Crippen molar-refractivity contribution in [2.75, 3.05) is 6.61 Å². The monoisotopic (exact) mass is 290 g/mol. The van der Waals surface area contributed by atoms with Crippen molar-refractivity contribution in [2.24, 2.45) is 0 Å². The quantitative estimate of drug-likeness (QED) is 0.236. The van der Waals surface area contributed by atoms with E-state index in [2.05, 4.69) is 6.92 Å². The van der Waals surface area contributed by atoms with E-state index >= 15 is 0 Å². The first-order valence-corrected chi connectivity index (χ1v) is 5.52. The molecule has 0 aliphatic carbocycles. The van der Waals surface area contributed by atoms with Gasteiger partial charge in [0.2, 0.25) is 0 Å². The van der Waals surface area contributed by atoms with Gasteiger partial charge in [-0.25, -0.2) is 0 Å². The fourth-order valence-electron chi connectivity index (χ4n) is 0.715. The van der Waals surface area contributed by atoms with Gasteiger partial charge in [-0.15, -0.1) is 0 Å². The zero-order valence-corrected chi connectivity index (χ0v) is 16.8. The van der Waals surface area contributed by atoms with Crippen LogP contribution >= 0.6 is 0 Å². The molecule has 0 saturated heterocycles. The molecular formula is C7H16K2O5S. The van der Waals surface area contributed by atoms with Gasteiger partial charge in [-0.3, -0.25) is 8.42 Å². The second kappa shape index (κ2) is 19.4. The first-order chi connectivity index (χ1) is 5.91. The predicted octanol–water partition coefficient (Wildman–Crippen LogP) is -5.38. The third kappa shape index (κ3) is 59.4. The zero-order valence-electron chi connectivity index (χ0n) is 9.73. The Hall–Kier alpha value is 3.10. The maximum atomic E-state index is 8.52. The molecule has 0 aromatic rings.